The van der Waals surface area contributed by atoms with Gasteiger partial charge in [-0.25, -0.2) is 0 Å². The van der Waals surface area contributed by atoms with Crippen LogP contribution in [0.5, 0.6) is 0 Å². The van der Waals surface area contributed by atoms with Gasteiger partial charge in [-0.3, -0.25) is 28.8 Å². The number of carbonyl (C=O) groups excluding carboxylic acids is 5. The van der Waals surface area contributed by atoms with Crippen molar-refractivity contribution in [3.63, 3.8) is 0 Å². The lowest BCUT2D eigenvalue weighted by Crippen LogP contribution is -2.59. The van der Waals surface area contributed by atoms with Crippen molar-refractivity contribution in [3.8, 4) is 0 Å². The molecule has 0 amide bonds. The zero-order valence-corrected chi connectivity index (χ0v) is 23.2. The van der Waals surface area contributed by atoms with Crippen LogP contribution in [0, 0.1) is 45.3 Å². The third-order valence-corrected chi connectivity index (χ3v) is 11.1. The maximum absolute atomic E-state index is 14.0. The number of Topliss-reactive ketones (excluding diaryl/α,β-unsaturated/α-hetero) is 5. The Bertz CT molecular complexity index is 1160. The first-order valence-corrected chi connectivity index (χ1v) is 13.6. The summed E-state index contributed by atoms with van der Waals surface area (Å²) in [5.74, 6) is -3.06. The molecular formula is C30H40O7. The molecule has 2 saturated carbocycles. The maximum atomic E-state index is 14.0. The predicted molar refractivity (Wildman–Crippen MR) is 135 cm³/mol. The van der Waals surface area contributed by atoms with E-state index in [9.17, 15) is 28.8 Å². The normalized spacial score (nSPS) is 38.6. The Labute approximate surface area is 218 Å². The number of hydrogen-bond donors (Lipinski definition) is 1. The molecule has 4 rings (SSSR count). The van der Waals surface area contributed by atoms with Gasteiger partial charge in [0.05, 0.1) is 11.3 Å². The molecule has 202 valence electrons. The molecule has 7 nitrogen and oxygen atoms in total. The Morgan fingerprint density at radius 2 is 1.51 bits per heavy atom. The number of aliphatic carboxylic acids is 1. The summed E-state index contributed by atoms with van der Waals surface area (Å²) in [7, 11) is 0. The molecular weight excluding hydrogens is 472 g/mol. The van der Waals surface area contributed by atoms with Crippen molar-refractivity contribution >= 4 is 34.9 Å². The lowest BCUT2D eigenvalue weighted by molar-refractivity contribution is -0.147. The highest BCUT2D eigenvalue weighted by molar-refractivity contribution is 6.16. The van der Waals surface area contributed by atoms with Crippen LogP contribution in [0.25, 0.3) is 0 Å². The van der Waals surface area contributed by atoms with E-state index in [1.165, 1.54) is 6.92 Å². The zero-order chi connectivity index (χ0) is 27.9. The van der Waals surface area contributed by atoms with E-state index in [0.29, 0.717) is 24.0 Å². The van der Waals surface area contributed by atoms with Gasteiger partial charge in [0.25, 0.3) is 0 Å². The summed E-state index contributed by atoms with van der Waals surface area (Å²) < 4.78 is 0. The van der Waals surface area contributed by atoms with Gasteiger partial charge >= 0.3 is 5.97 Å². The van der Waals surface area contributed by atoms with Crippen LogP contribution >= 0.6 is 0 Å². The molecule has 1 N–H and O–H groups in total. The fourth-order valence-electron chi connectivity index (χ4n) is 8.66. The van der Waals surface area contributed by atoms with Crippen LogP contribution in [-0.2, 0) is 28.8 Å². The fraction of sp³-hybridized carbons (Fsp3) is 0.733. The molecule has 0 heterocycles. The van der Waals surface area contributed by atoms with Crippen LogP contribution in [0.3, 0.4) is 0 Å². The summed E-state index contributed by atoms with van der Waals surface area (Å²) in [6.07, 6.45) is 1.34. The van der Waals surface area contributed by atoms with Gasteiger partial charge in [0, 0.05) is 60.5 Å². The number of carboxylic acids is 1. The van der Waals surface area contributed by atoms with Gasteiger partial charge in [0.1, 0.15) is 17.3 Å². The minimum atomic E-state index is -1.14. The maximum Gasteiger partial charge on any atom is 0.306 e. The summed E-state index contributed by atoms with van der Waals surface area (Å²) in [6.45, 7) is 12.9. The lowest BCUT2D eigenvalue weighted by Gasteiger charge is -2.58. The van der Waals surface area contributed by atoms with Crippen molar-refractivity contribution in [2.45, 2.75) is 93.4 Å². The van der Waals surface area contributed by atoms with Crippen LogP contribution in [0.4, 0.5) is 0 Å². The smallest absolute Gasteiger partial charge is 0.306 e. The van der Waals surface area contributed by atoms with Gasteiger partial charge in [-0.05, 0) is 36.5 Å². The molecule has 0 bridgehead atoms. The second-order valence-electron chi connectivity index (χ2n) is 13.5. The summed E-state index contributed by atoms with van der Waals surface area (Å²) in [5, 5.41) is 9.16. The second-order valence-corrected chi connectivity index (χ2v) is 13.5. The fourth-order valence-corrected chi connectivity index (χ4v) is 8.66. The first kappa shape index (κ1) is 27.6. The number of ketones is 5. The Kier molecular flexibility index (Phi) is 6.37. The average molecular weight is 513 g/mol. The van der Waals surface area contributed by atoms with E-state index in [-0.39, 0.29) is 78.8 Å². The van der Waals surface area contributed by atoms with Crippen molar-refractivity contribution in [2.75, 3.05) is 0 Å². The molecule has 7 heteroatoms. The SMILES string of the molecule is CC(CC(=O)CC(C)C1CC(=O)[C@]2(C)C3=C(C(=O)C[C@@]12C)[C@]1(C)CCC(=O)C(C)(C)C1CC3=O)C(=O)O. The molecule has 0 spiro atoms. The van der Waals surface area contributed by atoms with Crippen LogP contribution in [-0.4, -0.2) is 40.0 Å². The first-order chi connectivity index (χ1) is 16.9. The zero-order valence-electron chi connectivity index (χ0n) is 23.2. The van der Waals surface area contributed by atoms with Crippen molar-refractivity contribution in [2.24, 2.45) is 45.3 Å². The molecule has 2 fully saturated rings. The standard InChI is InChI=1S/C30H40O7/c1-15(10-17(31)11-16(2)26(36)37)18-12-23(35)30(7)25-19(32)13-21-27(3,4)22(34)8-9-28(21,5)24(25)20(33)14-29(18,30)6/h15-16,18,21H,8-14H2,1-7H3,(H,36,37)/t15?,16?,18?,21?,28-,29+,30-/m1/s1. The van der Waals surface area contributed by atoms with Gasteiger partial charge < -0.3 is 5.11 Å². The average Bonchev–Trinajstić information content (AvgIpc) is 2.99. The number of fused-ring (bicyclic) bond motifs is 4. The van der Waals surface area contributed by atoms with E-state index < -0.39 is 33.5 Å². The van der Waals surface area contributed by atoms with E-state index in [0.717, 1.165) is 0 Å². The van der Waals surface area contributed by atoms with Gasteiger partial charge in [-0.1, -0.05) is 41.5 Å². The topological polar surface area (TPSA) is 123 Å². The van der Waals surface area contributed by atoms with E-state index in [1.807, 2.05) is 41.5 Å². The van der Waals surface area contributed by atoms with Crippen LogP contribution < -0.4 is 0 Å². The van der Waals surface area contributed by atoms with E-state index in [1.54, 1.807) is 0 Å². The molecule has 0 aliphatic heterocycles. The summed E-state index contributed by atoms with van der Waals surface area (Å²) in [6, 6.07) is 0. The molecule has 0 aromatic rings. The molecule has 4 aliphatic carbocycles. The van der Waals surface area contributed by atoms with Gasteiger partial charge in [-0.2, -0.15) is 0 Å². The monoisotopic (exact) mass is 512 g/mol. The molecule has 0 aromatic heterocycles. The lowest BCUT2D eigenvalue weighted by atomic mass is 9.43. The van der Waals surface area contributed by atoms with E-state index in [4.69, 9.17) is 5.11 Å². The quantitative estimate of drug-likeness (QED) is 0.554. The van der Waals surface area contributed by atoms with Crippen molar-refractivity contribution < 1.29 is 33.9 Å². The minimum Gasteiger partial charge on any atom is -0.481 e. The Morgan fingerprint density at radius 1 is 0.892 bits per heavy atom. The van der Waals surface area contributed by atoms with E-state index >= 15 is 0 Å². The Morgan fingerprint density at radius 3 is 2.11 bits per heavy atom. The molecule has 7 atom stereocenters. The molecule has 0 aromatic carbocycles. The van der Waals surface area contributed by atoms with Gasteiger partial charge in [-0.15, -0.1) is 0 Å². The Hall–Kier alpha value is -2.44. The van der Waals surface area contributed by atoms with Crippen molar-refractivity contribution in [3.05, 3.63) is 11.1 Å². The van der Waals surface area contributed by atoms with Crippen molar-refractivity contribution in [1.82, 2.24) is 0 Å². The minimum absolute atomic E-state index is 0.0697. The first-order valence-electron chi connectivity index (χ1n) is 13.6. The second kappa shape index (κ2) is 8.54. The number of rotatable bonds is 6. The number of allylic oxidation sites excluding steroid dienone is 2. The predicted octanol–water partition coefficient (Wildman–Crippen LogP) is 4.55. The molecule has 0 radical (unpaired) electrons. The number of hydrogen-bond acceptors (Lipinski definition) is 6. The number of carboxylic acid groups (broad SMARTS) is 1. The van der Waals surface area contributed by atoms with Crippen LogP contribution in [0.15, 0.2) is 11.1 Å². The van der Waals surface area contributed by atoms with Crippen LogP contribution in [0.1, 0.15) is 93.4 Å². The highest BCUT2D eigenvalue weighted by atomic mass is 16.4. The highest BCUT2D eigenvalue weighted by Gasteiger charge is 2.70. The summed E-state index contributed by atoms with van der Waals surface area (Å²) in [4.78, 5) is 78.4. The molecule has 37 heavy (non-hydrogen) atoms. The summed E-state index contributed by atoms with van der Waals surface area (Å²) >= 11 is 0. The van der Waals surface area contributed by atoms with Crippen molar-refractivity contribution in [1.29, 1.82) is 0 Å². The Balaban J connectivity index is 1.76. The van der Waals surface area contributed by atoms with Gasteiger partial charge in [0.2, 0.25) is 0 Å². The summed E-state index contributed by atoms with van der Waals surface area (Å²) in [5.41, 5.74) is -2.49. The highest BCUT2D eigenvalue weighted by Crippen LogP contribution is 2.69. The third-order valence-electron chi connectivity index (χ3n) is 11.1. The molecule has 4 unspecified atom stereocenters. The van der Waals surface area contributed by atoms with Crippen LogP contribution in [0.2, 0.25) is 0 Å². The third kappa shape index (κ3) is 3.66. The van der Waals surface area contributed by atoms with E-state index in [2.05, 4.69) is 0 Å². The largest absolute Gasteiger partial charge is 0.481 e. The van der Waals surface area contributed by atoms with Gasteiger partial charge in [0.15, 0.2) is 11.6 Å². The number of carbonyl (C=O) groups is 6. The molecule has 0 saturated heterocycles. The molecule has 4 aliphatic rings.